The second-order valence-electron chi connectivity index (χ2n) is 6.32. The van der Waals surface area contributed by atoms with E-state index in [1.54, 1.807) is 0 Å². The largest absolute Gasteiger partial charge is 0.378 e. The van der Waals surface area contributed by atoms with Gasteiger partial charge in [0.2, 0.25) is 0 Å². The number of benzene rings is 2. The van der Waals surface area contributed by atoms with Crippen LogP contribution in [0.2, 0.25) is 0 Å². The third kappa shape index (κ3) is 3.37. The number of nitrogens with two attached hydrogens (primary N) is 1. The normalized spacial score (nSPS) is 17.3. The zero-order valence-electron chi connectivity index (χ0n) is 13.7. The van der Waals surface area contributed by atoms with Crippen LogP contribution in [0.3, 0.4) is 0 Å². The van der Waals surface area contributed by atoms with Crippen molar-refractivity contribution in [3.05, 3.63) is 54.1 Å². The van der Waals surface area contributed by atoms with E-state index in [4.69, 9.17) is 5.73 Å². The Hall–Kier alpha value is -2.33. The van der Waals surface area contributed by atoms with E-state index in [1.807, 2.05) is 43.3 Å². The van der Waals surface area contributed by atoms with Gasteiger partial charge >= 0.3 is 0 Å². The summed E-state index contributed by atoms with van der Waals surface area (Å²) in [4.78, 5) is 16.4. The van der Waals surface area contributed by atoms with Crippen LogP contribution >= 0.6 is 0 Å². The third-order valence-electron chi connectivity index (χ3n) is 4.34. The summed E-state index contributed by atoms with van der Waals surface area (Å²) in [5.74, 6) is 0.0755. The molecule has 0 aliphatic carbocycles. The number of carbonyl (C=O) groups excluding carboxylic acids is 1. The SMILES string of the molecule is CN(C)c1cccc(-c2ccc(C(=O)N3CC[C@@H](N)C3)cc2)c1. The number of hydrogen-bond acceptors (Lipinski definition) is 3. The van der Waals surface area contributed by atoms with E-state index in [0.717, 1.165) is 35.3 Å². The molecule has 0 bridgehead atoms. The van der Waals surface area contributed by atoms with Crippen LogP contribution in [0.1, 0.15) is 16.8 Å². The van der Waals surface area contributed by atoms with Crippen LogP contribution in [0, 0.1) is 0 Å². The lowest BCUT2D eigenvalue weighted by atomic mass is 10.0. The minimum Gasteiger partial charge on any atom is -0.378 e. The number of carbonyl (C=O) groups is 1. The molecule has 1 heterocycles. The Morgan fingerprint density at radius 2 is 1.87 bits per heavy atom. The molecule has 1 saturated heterocycles. The molecule has 0 radical (unpaired) electrons. The lowest BCUT2D eigenvalue weighted by Crippen LogP contribution is -2.31. The molecule has 1 aliphatic rings. The van der Waals surface area contributed by atoms with Gasteiger partial charge in [-0.15, -0.1) is 0 Å². The van der Waals surface area contributed by atoms with Crippen LogP contribution < -0.4 is 10.6 Å². The second-order valence-corrected chi connectivity index (χ2v) is 6.32. The smallest absolute Gasteiger partial charge is 0.253 e. The number of rotatable bonds is 3. The first-order valence-electron chi connectivity index (χ1n) is 7.97. The fourth-order valence-corrected chi connectivity index (χ4v) is 2.92. The van der Waals surface area contributed by atoms with E-state index in [2.05, 4.69) is 29.2 Å². The highest BCUT2D eigenvalue weighted by Gasteiger charge is 2.24. The van der Waals surface area contributed by atoms with Gasteiger partial charge in [-0.1, -0.05) is 24.3 Å². The molecule has 23 heavy (non-hydrogen) atoms. The summed E-state index contributed by atoms with van der Waals surface area (Å²) in [5.41, 5.74) is 10.0. The van der Waals surface area contributed by atoms with Crippen LogP contribution in [-0.4, -0.2) is 44.0 Å². The van der Waals surface area contributed by atoms with Gasteiger partial charge in [0.15, 0.2) is 0 Å². The number of likely N-dealkylation sites (tertiary alicyclic amines) is 1. The van der Waals surface area contributed by atoms with Gasteiger partial charge in [-0.05, 0) is 41.8 Å². The van der Waals surface area contributed by atoms with Crippen molar-refractivity contribution in [2.24, 2.45) is 5.73 Å². The van der Waals surface area contributed by atoms with Crippen molar-refractivity contribution in [1.29, 1.82) is 0 Å². The second kappa shape index (κ2) is 6.42. The fourth-order valence-electron chi connectivity index (χ4n) is 2.92. The molecule has 0 spiro atoms. The molecule has 0 unspecified atom stereocenters. The third-order valence-corrected chi connectivity index (χ3v) is 4.34. The lowest BCUT2D eigenvalue weighted by molar-refractivity contribution is 0.0791. The highest BCUT2D eigenvalue weighted by atomic mass is 16.2. The van der Waals surface area contributed by atoms with Gasteiger partial charge < -0.3 is 15.5 Å². The van der Waals surface area contributed by atoms with Crippen molar-refractivity contribution in [2.45, 2.75) is 12.5 Å². The molecule has 3 rings (SSSR count). The Bertz CT molecular complexity index is 694. The molecule has 0 aromatic heterocycles. The number of hydrogen-bond donors (Lipinski definition) is 1. The zero-order valence-corrected chi connectivity index (χ0v) is 13.7. The molecular weight excluding hydrogens is 286 g/mol. The number of amides is 1. The van der Waals surface area contributed by atoms with Crippen molar-refractivity contribution in [1.82, 2.24) is 4.90 Å². The Morgan fingerprint density at radius 3 is 2.48 bits per heavy atom. The molecule has 1 aliphatic heterocycles. The molecule has 1 atom stereocenters. The van der Waals surface area contributed by atoms with Crippen molar-refractivity contribution in [2.75, 3.05) is 32.1 Å². The lowest BCUT2D eigenvalue weighted by Gasteiger charge is -2.16. The summed E-state index contributed by atoms with van der Waals surface area (Å²) < 4.78 is 0. The maximum Gasteiger partial charge on any atom is 0.253 e. The monoisotopic (exact) mass is 309 g/mol. The number of anilines is 1. The molecule has 1 fully saturated rings. The van der Waals surface area contributed by atoms with Crippen LogP contribution in [-0.2, 0) is 0 Å². The Morgan fingerprint density at radius 1 is 1.13 bits per heavy atom. The van der Waals surface area contributed by atoms with Crippen LogP contribution in [0.4, 0.5) is 5.69 Å². The summed E-state index contributed by atoms with van der Waals surface area (Å²) in [6.07, 6.45) is 0.890. The van der Waals surface area contributed by atoms with Gasteiger partial charge in [0.25, 0.3) is 5.91 Å². The first kappa shape index (κ1) is 15.6. The molecule has 1 amide bonds. The quantitative estimate of drug-likeness (QED) is 0.948. The highest BCUT2D eigenvalue weighted by Crippen LogP contribution is 2.24. The van der Waals surface area contributed by atoms with E-state index in [9.17, 15) is 4.79 Å². The van der Waals surface area contributed by atoms with E-state index in [-0.39, 0.29) is 11.9 Å². The van der Waals surface area contributed by atoms with Gasteiger partial charge in [-0.3, -0.25) is 4.79 Å². The molecule has 2 N–H and O–H groups in total. The van der Waals surface area contributed by atoms with Crippen LogP contribution in [0.25, 0.3) is 11.1 Å². The summed E-state index contributed by atoms with van der Waals surface area (Å²) in [7, 11) is 4.06. The number of nitrogens with zero attached hydrogens (tertiary/aromatic N) is 2. The summed E-state index contributed by atoms with van der Waals surface area (Å²) in [5, 5.41) is 0. The summed E-state index contributed by atoms with van der Waals surface area (Å²) >= 11 is 0. The van der Waals surface area contributed by atoms with Crippen molar-refractivity contribution in [3.8, 4) is 11.1 Å². The molecule has 2 aromatic rings. The average molecular weight is 309 g/mol. The van der Waals surface area contributed by atoms with Gasteiger partial charge in [-0.2, -0.15) is 0 Å². The maximum absolute atomic E-state index is 12.4. The zero-order chi connectivity index (χ0) is 16.4. The molecule has 4 heteroatoms. The highest BCUT2D eigenvalue weighted by molar-refractivity contribution is 5.95. The Kier molecular flexibility index (Phi) is 4.35. The standard InChI is InChI=1S/C19H23N3O/c1-21(2)18-5-3-4-16(12-18)14-6-8-15(9-7-14)19(23)22-11-10-17(20)13-22/h3-9,12,17H,10-11,13,20H2,1-2H3/t17-/m1/s1. The van der Waals surface area contributed by atoms with Crippen LogP contribution in [0.15, 0.2) is 48.5 Å². The van der Waals surface area contributed by atoms with Crippen molar-refractivity contribution >= 4 is 11.6 Å². The van der Waals surface area contributed by atoms with E-state index in [0.29, 0.717) is 6.54 Å². The van der Waals surface area contributed by atoms with Crippen molar-refractivity contribution in [3.63, 3.8) is 0 Å². The molecule has 120 valence electrons. The summed E-state index contributed by atoms with van der Waals surface area (Å²) in [6.45, 7) is 1.41. The van der Waals surface area contributed by atoms with Gasteiger partial charge in [0, 0.05) is 44.5 Å². The molecule has 4 nitrogen and oxygen atoms in total. The minimum atomic E-state index is 0.0755. The fraction of sp³-hybridized carbons (Fsp3) is 0.316. The summed E-state index contributed by atoms with van der Waals surface area (Å²) in [6, 6.07) is 16.3. The molecule has 2 aromatic carbocycles. The maximum atomic E-state index is 12.4. The van der Waals surface area contributed by atoms with Crippen LogP contribution in [0.5, 0.6) is 0 Å². The van der Waals surface area contributed by atoms with E-state index >= 15 is 0 Å². The van der Waals surface area contributed by atoms with Gasteiger partial charge in [0.1, 0.15) is 0 Å². The van der Waals surface area contributed by atoms with Crippen molar-refractivity contribution < 1.29 is 4.79 Å². The van der Waals surface area contributed by atoms with Gasteiger partial charge in [-0.25, -0.2) is 0 Å². The topological polar surface area (TPSA) is 49.6 Å². The molecular formula is C19H23N3O. The predicted octanol–water partition coefficient (Wildman–Crippen LogP) is 2.59. The first-order chi connectivity index (χ1) is 11.0. The molecule has 0 saturated carbocycles. The average Bonchev–Trinajstić information content (AvgIpc) is 3.01. The first-order valence-corrected chi connectivity index (χ1v) is 7.97. The van der Waals surface area contributed by atoms with E-state index < -0.39 is 0 Å². The Balaban J connectivity index is 1.79. The Labute approximate surface area is 137 Å². The minimum absolute atomic E-state index is 0.0755. The van der Waals surface area contributed by atoms with Gasteiger partial charge in [0.05, 0.1) is 0 Å². The predicted molar refractivity (Wildman–Crippen MR) is 94.7 cm³/mol. The van der Waals surface area contributed by atoms with E-state index in [1.165, 1.54) is 0 Å².